The van der Waals surface area contributed by atoms with Gasteiger partial charge < -0.3 is 5.32 Å². The van der Waals surface area contributed by atoms with Crippen LogP contribution in [0.15, 0.2) is 40.9 Å². The van der Waals surface area contributed by atoms with Crippen molar-refractivity contribution in [3.8, 4) is 0 Å². The van der Waals surface area contributed by atoms with E-state index in [1.165, 1.54) is 12.1 Å². The third-order valence-electron chi connectivity index (χ3n) is 2.96. The molecule has 0 saturated heterocycles. The van der Waals surface area contributed by atoms with Crippen LogP contribution in [0.1, 0.15) is 18.5 Å². The lowest BCUT2D eigenvalue weighted by Gasteiger charge is -2.17. The maximum Gasteiger partial charge on any atom is 0.292 e. The van der Waals surface area contributed by atoms with Crippen LogP contribution in [0.5, 0.6) is 0 Å². The molecule has 21 heavy (non-hydrogen) atoms. The van der Waals surface area contributed by atoms with Crippen LogP contribution >= 0.6 is 15.9 Å². The molecule has 1 N–H and O–H groups in total. The van der Waals surface area contributed by atoms with E-state index in [0.29, 0.717) is 10.0 Å². The van der Waals surface area contributed by atoms with Crippen molar-refractivity contribution in [2.45, 2.75) is 13.0 Å². The van der Waals surface area contributed by atoms with Gasteiger partial charge in [-0.15, -0.1) is 0 Å². The first-order valence-corrected chi connectivity index (χ1v) is 6.83. The van der Waals surface area contributed by atoms with Gasteiger partial charge in [0.2, 0.25) is 0 Å². The molecule has 0 aliphatic heterocycles. The van der Waals surface area contributed by atoms with Gasteiger partial charge >= 0.3 is 0 Å². The first-order chi connectivity index (χ1) is 9.88. The molecule has 0 heterocycles. The highest BCUT2D eigenvalue weighted by Crippen LogP contribution is 2.31. The van der Waals surface area contributed by atoms with Crippen LogP contribution in [0.4, 0.5) is 20.2 Å². The fraction of sp³-hybridized carbons (Fsp3) is 0.143. The van der Waals surface area contributed by atoms with Crippen LogP contribution in [0.2, 0.25) is 0 Å². The summed E-state index contributed by atoms with van der Waals surface area (Å²) in [7, 11) is 0. The van der Waals surface area contributed by atoms with Crippen LogP contribution in [0.25, 0.3) is 0 Å². The van der Waals surface area contributed by atoms with E-state index in [0.717, 1.165) is 18.2 Å². The van der Waals surface area contributed by atoms with Crippen molar-refractivity contribution in [2.75, 3.05) is 5.32 Å². The molecular formula is C14H11BrF2N2O2. The molecule has 0 amide bonds. The quantitative estimate of drug-likeness (QED) is 0.631. The minimum absolute atomic E-state index is 0.0729. The molecule has 4 nitrogen and oxygen atoms in total. The summed E-state index contributed by atoms with van der Waals surface area (Å²) in [5.74, 6) is -0.969. The number of hydrogen-bond donors (Lipinski definition) is 1. The Balaban J connectivity index is 2.33. The summed E-state index contributed by atoms with van der Waals surface area (Å²) in [5.41, 5.74) is 0.556. The highest BCUT2D eigenvalue weighted by atomic mass is 79.9. The number of halogens is 3. The molecule has 2 aromatic rings. The number of rotatable bonds is 4. The molecule has 0 aliphatic carbocycles. The van der Waals surface area contributed by atoms with Gasteiger partial charge in [0.05, 0.1) is 4.92 Å². The van der Waals surface area contributed by atoms with Crippen molar-refractivity contribution in [2.24, 2.45) is 0 Å². The Bertz CT molecular complexity index is 695. The second-order valence-corrected chi connectivity index (χ2v) is 5.30. The van der Waals surface area contributed by atoms with Gasteiger partial charge in [-0.05, 0) is 30.7 Å². The molecule has 7 heteroatoms. The van der Waals surface area contributed by atoms with E-state index in [9.17, 15) is 18.9 Å². The number of anilines is 1. The molecule has 1 atom stereocenters. The van der Waals surface area contributed by atoms with Crippen molar-refractivity contribution < 1.29 is 13.7 Å². The van der Waals surface area contributed by atoms with E-state index >= 15 is 0 Å². The predicted molar refractivity (Wildman–Crippen MR) is 79.2 cm³/mol. The van der Waals surface area contributed by atoms with Crippen molar-refractivity contribution in [3.63, 3.8) is 0 Å². The molecule has 0 saturated carbocycles. The lowest BCUT2D eigenvalue weighted by molar-refractivity contribution is -0.384. The standard InChI is InChI=1S/C14H11BrF2N2O2/c1-8(11-4-2-9(16)6-12(11)15)18-13-7-10(17)3-5-14(13)19(20)21/h2-8,18H,1H3. The minimum Gasteiger partial charge on any atom is -0.373 e. The van der Waals surface area contributed by atoms with Gasteiger partial charge in [0, 0.05) is 22.6 Å². The van der Waals surface area contributed by atoms with Crippen molar-refractivity contribution in [1.82, 2.24) is 0 Å². The Morgan fingerprint density at radius 2 is 1.81 bits per heavy atom. The summed E-state index contributed by atoms with van der Waals surface area (Å²) < 4.78 is 26.9. The summed E-state index contributed by atoms with van der Waals surface area (Å²) in [6.07, 6.45) is 0. The number of nitro benzene ring substituents is 1. The van der Waals surface area contributed by atoms with Crippen LogP contribution in [-0.2, 0) is 0 Å². The average molecular weight is 357 g/mol. The van der Waals surface area contributed by atoms with Crippen LogP contribution < -0.4 is 5.32 Å². The Hall–Kier alpha value is -2.02. The van der Waals surface area contributed by atoms with E-state index in [4.69, 9.17) is 0 Å². The van der Waals surface area contributed by atoms with Crippen LogP contribution in [-0.4, -0.2) is 4.92 Å². The van der Waals surface area contributed by atoms with E-state index in [1.807, 2.05) is 0 Å². The third kappa shape index (κ3) is 3.55. The molecule has 0 aromatic heterocycles. The number of hydrogen-bond acceptors (Lipinski definition) is 3. The fourth-order valence-electron chi connectivity index (χ4n) is 1.95. The number of nitrogens with zero attached hydrogens (tertiary/aromatic N) is 1. The molecule has 0 radical (unpaired) electrons. The van der Waals surface area contributed by atoms with E-state index in [1.54, 1.807) is 13.0 Å². The fourth-order valence-corrected chi connectivity index (χ4v) is 2.64. The van der Waals surface area contributed by atoms with Crippen molar-refractivity contribution in [3.05, 3.63) is 68.2 Å². The Morgan fingerprint density at radius 1 is 1.19 bits per heavy atom. The average Bonchev–Trinajstić information content (AvgIpc) is 2.37. The third-order valence-corrected chi connectivity index (χ3v) is 3.64. The number of benzene rings is 2. The zero-order valence-electron chi connectivity index (χ0n) is 10.9. The zero-order chi connectivity index (χ0) is 15.6. The summed E-state index contributed by atoms with van der Waals surface area (Å²) in [5, 5.41) is 13.8. The van der Waals surface area contributed by atoms with Crippen LogP contribution in [0, 0.1) is 21.7 Å². The Kier molecular flexibility index (Phi) is 4.52. The lowest BCUT2D eigenvalue weighted by Crippen LogP contribution is -2.09. The summed E-state index contributed by atoms with van der Waals surface area (Å²) in [6.45, 7) is 1.74. The maximum absolute atomic E-state index is 13.3. The Morgan fingerprint density at radius 3 is 2.43 bits per heavy atom. The topological polar surface area (TPSA) is 55.2 Å². The molecule has 1 unspecified atom stereocenters. The minimum atomic E-state index is -0.589. The van der Waals surface area contributed by atoms with Crippen molar-refractivity contribution >= 4 is 27.3 Å². The molecule has 2 aromatic carbocycles. The van der Waals surface area contributed by atoms with E-state index in [-0.39, 0.29) is 17.4 Å². The molecule has 0 aliphatic rings. The smallest absolute Gasteiger partial charge is 0.292 e. The largest absolute Gasteiger partial charge is 0.373 e. The van der Waals surface area contributed by atoms with Gasteiger partial charge in [-0.1, -0.05) is 22.0 Å². The molecule has 0 fully saturated rings. The SMILES string of the molecule is CC(Nc1cc(F)ccc1[N+](=O)[O-])c1ccc(F)cc1Br. The number of nitrogens with one attached hydrogen (secondary N) is 1. The second-order valence-electron chi connectivity index (χ2n) is 4.45. The van der Waals surface area contributed by atoms with E-state index < -0.39 is 16.6 Å². The number of nitro groups is 1. The molecule has 0 spiro atoms. The van der Waals surface area contributed by atoms with Gasteiger partial charge in [0.1, 0.15) is 17.3 Å². The summed E-state index contributed by atoms with van der Waals surface area (Å²) >= 11 is 3.24. The van der Waals surface area contributed by atoms with E-state index in [2.05, 4.69) is 21.2 Å². The molecule has 2 rings (SSSR count). The summed E-state index contributed by atoms with van der Waals surface area (Å²) in [6, 6.07) is 6.96. The highest BCUT2D eigenvalue weighted by Gasteiger charge is 2.18. The first kappa shape index (κ1) is 15.4. The van der Waals surface area contributed by atoms with Gasteiger partial charge in [-0.25, -0.2) is 8.78 Å². The van der Waals surface area contributed by atoms with Gasteiger partial charge in [0.25, 0.3) is 5.69 Å². The normalized spacial score (nSPS) is 12.0. The highest BCUT2D eigenvalue weighted by molar-refractivity contribution is 9.10. The molecule has 0 bridgehead atoms. The second kappa shape index (κ2) is 6.17. The van der Waals surface area contributed by atoms with Gasteiger partial charge in [-0.3, -0.25) is 10.1 Å². The maximum atomic E-state index is 13.3. The summed E-state index contributed by atoms with van der Waals surface area (Å²) in [4.78, 5) is 10.4. The zero-order valence-corrected chi connectivity index (χ0v) is 12.5. The Labute approximate surface area is 128 Å². The van der Waals surface area contributed by atoms with Crippen molar-refractivity contribution in [1.29, 1.82) is 0 Å². The molecule has 110 valence electrons. The predicted octanol–water partition coefficient (Wildman–Crippen LogP) is 4.81. The monoisotopic (exact) mass is 356 g/mol. The van der Waals surface area contributed by atoms with Gasteiger partial charge in [0.15, 0.2) is 0 Å². The van der Waals surface area contributed by atoms with Crippen LogP contribution in [0.3, 0.4) is 0 Å². The molecular weight excluding hydrogens is 346 g/mol. The lowest BCUT2D eigenvalue weighted by atomic mass is 10.1. The van der Waals surface area contributed by atoms with Gasteiger partial charge in [-0.2, -0.15) is 0 Å². The first-order valence-electron chi connectivity index (χ1n) is 6.04.